The van der Waals surface area contributed by atoms with Crippen molar-refractivity contribution in [1.82, 2.24) is 0 Å². The lowest BCUT2D eigenvalue weighted by atomic mass is 10.00. The van der Waals surface area contributed by atoms with Gasteiger partial charge in [-0.2, -0.15) is 0 Å². The first-order valence-corrected chi connectivity index (χ1v) is 6.51. The molecule has 0 saturated heterocycles. The van der Waals surface area contributed by atoms with E-state index in [9.17, 15) is 4.79 Å². The molecule has 0 radical (unpaired) electrons. The van der Waals surface area contributed by atoms with Gasteiger partial charge in [0.2, 0.25) is 0 Å². The molecule has 0 fully saturated rings. The maximum atomic E-state index is 12.4. The fourth-order valence-electron chi connectivity index (χ4n) is 2.11. The summed E-state index contributed by atoms with van der Waals surface area (Å²) in [5, 5.41) is 2.23. The molecule has 0 aromatic heterocycles. The SMILES string of the molecule is O=C(c1ccc(S)cc1)c1ccc2ccccc2c1. The third-order valence-electron chi connectivity index (χ3n) is 3.14. The summed E-state index contributed by atoms with van der Waals surface area (Å²) in [4.78, 5) is 13.2. The van der Waals surface area contributed by atoms with Crippen molar-refractivity contribution in [2.75, 3.05) is 0 Å². The van der Waals surface area contributed by atoms with E-state index in [-0.39, 0.29) is 5.78 Å². The minimum absolute atomic E-state index is 0.0408. The average molecular weight is 264 g/mol. The molecule has 0 unspecified atom stereocenters. The first kappa shape index (κ1) is 12.0. The van der Waals surface area contributed by atoms with Gasteiger partial charge in [-0.3, -0.25) is 4.79 Å². The zero-order valence-corrected chi connectivity index (χ0v) is 11.1. The van der Waals surface area contributed by atoms with Gasteiger partial charge in [0.05, 0.1) is 0 Å². The molecule has 2 heteroatoms. The molecule has 3 aromatic carbocycles. The van der Waals surface area contributed by atoms with Gasteiger partial charge in [0, 0.05) is 16.0 Å². The second-order valence-electron chi connectivity index (χ2n) is 4.44. The van der Waals surface area contributed by atoms with Crippen molar-refractivity contribution in [1.29, 1.82) is 0 Å². The summed E-state index contributed by atoms with van der Waals surface area (Å²) in [5.41, 5.74) is 1.40. The molecular weight excluding hydrogens is 252 g/mol. The predicted molar refractivity (Wildman–Crippen MR) is 81.1 cm³/mol. The molecule has 92 valence electrons. The highest BCUT2D eigenvalue weighted by Gasteiger charge is 2.09. The lowest BCUT2D eigenvalue weighted by Gasteiger charge is -2.04. The summed E-state index contributed by atoms with van der Waals surface area (Å²) in [7, 11) is 0. The van der Waals surface area contributed by atoms with E-state index in [4.69, 9.17) is 0 Å². The second-order valence-corrected chi connectivity index (χ2v) is 4.95. The Morgan fingerprint density at radius 1 is 0.737 bits per heavy atom. The monoisotopic (exact) mass is 264 g/mol. The van der Waals surface area contributed by atoms with Gasteiger partial charge < -0.3 is 0 Å². The summed E-state index contributed by atoms with van der Waals surface area (Å²) < 4.78 is 0. The molecule has 0 aliphatic carbocycles. The second kappa shape index (κ2) is 4.90. The molecule has 0 atom stereocenters. The topological polar surface area (TPSA) is 17.1 Å². The first-order chi connectivity index (χ1) is 9.24. The highest BCUT2D eigenvalue weighted by atomic mass is 32.1. The molecule has 0 spiro atoms. The summed E-state index contributed by atoms with van der Waals surface area (Å²) >= 11 is 4.22. The summed E-state index contributed by atoms with van der Waals surface area (Å²) in [6.07, 6.45) is 0. The van der Waals surface area contributed by atoms with Gasteiger partial charge in [0.1, 0.15) is 0 Å². The number of fused-ring (bicyclic) bond motifs is 1. The summed E-state index contributed by atoms with van der Waals surface area (Å²) in [6.45, 7) is 0. The van der Waals surface area contributed by atoms with Crippen LogP contribution in [0.4, 0.5) is 0 Å². The van der Waals surface area contributed by atoms with Crippen LogP contribution in [0.25, 0.3) is 10.8 Å². The van der Waals surface area contributed by atoms with Gasteiger partial charge in [0.15, 0.2) is 5.78 Å². The number of hydrogen-bond donors (Lipinski definition) is 1. The minimum atomic E-state index is 0.0408. The number of ketones is 1. The third-order valence-corrected chi connectivity index (χ3v) is 3.44. The van der Waals surface area contributed by atoms with Gasteiger partial charge in [-0.25, -0.2) is 0 Å². The van der Waals surface area contributed by atoms with Crippen LogP contribution in [0.1, 0.15) is 15.9 Å². The number of hydrogen-bond acceptors (Lipinski definition) is 2. The Labute approximate surface area is 117 Å². The minimum Gasteiger partial charge on any atom is -0.289 e. The van der Waals surface area contributed by atoms with Crippen molar-refractivity contribution < 1.29 is 4.79 Å². The molecule has 3 rings (SSSR count). The molecule has 0 N–H and O–H groups in total. The Kier molecular flexibility index (Phi) is 3.10. The highest BCUT2D eigenvalue weighted by Crippen LogP contribution is 2.18. The maximum Gasteiger partial charge on any atom is 0.193 e. The zero-order valence-electron chi connectivity index (χ0n) is 10.2. The average Bonchev–Trinajstić information content (AvgIpc) is 2.47. The van der Waals surface area contributed by atoms with Crippen LogP contribution in [-0.2, 0) is 0 Å². The Hall–Kier alpha value is -2.06. The Balaban J connectivity index is 2.04. The fourth-order valence-corrected chi connectivity index (χ4v) is 2.26. The van der Waals surface area contributed by atoms with Crippen LogP contribution >= 0.6 is 12.6 Å². The van der Waals surface area contributed by atoms with Crippen molar-refractivity contribution >= 4 is 29.2 Å². The fraction of sp³-hybridized carbons (Fsp3) is 0. The molecule has 0 aliphatic heterocycles. The van der Waals surface area contributed by atoms with Crippen molar-refractivity contribution in [3.63, 3.8) is 0 Å². The van der Waals surface area contributed by atoms with E-state index in [2.05, 4.69) is 12.6 Å². The van der Waals surface area contributed by atoms with Crippen molar-refractivity contribution in [2.24, 2.45) is 0 Å². The van der Waals surface area contributed by atoms with E-state index < -0.39 is 0 Å². The van der Waals surface area contributed by atoms with Gasteiger partial charge in [-0.05, 0) is 41.1 Å². The van der Waals surface area contributed by atoms with Crippen LogP contribution in [0.3, 0.4) is 0 Å². The number of carbonyl (C=O) groups excluding carboxylic acids is 1. The summed E-state index contributed by atoms with van der Waals surface area (Å²) in [6, 6.07) is 21.1. The van der Waals surface area contributed by atoms with E-state index >= 15 is 0 Å². The lowest BCUT2D eigenvalue weighted by molar-refractivity contribution is 0.103. The van der Waals surface area contributed by atoms with Crippen LogP contribution < -0.4 is 0 Å². The van der Waals surface area contributed by atoms with Gasteiger partial charge >= 0.3 is 0 Å². The van der Waals surface area contributed by atoms with E-state index in [1.807, 2.05) is 54.6 Å². The smallest absolute Gasteiger partial charge is 0.193 e. The third kappa shape index (κ3) is 2.40. The van der Waals surface area contributed by atoms with E-state index in [0.29, 0.717) is 11.1 Å². The largest absolute Gasteiger partial charge is 0.289 e. The van der Waals surface area contributed by atoms with Crippen molar-refractivity contribution in [2.45, 2.75) is 4.90 Å². The van der Waals surface area contributed by atoms with Crippen LogP contribution in [0.5, 0.6) is 0 Å². The Bertz CT molecular complexity index is 745. The molecule has 0 aliphatic rings. The molecule has 0 saturated carbocycles. The maximum absolute atomic E-state index is 12.4. The van der Waals surface area contributed by atoms with Crippen LogP contribution in [0, 0.1) is 0 Å². The molecule has 0 bridgehead atoms. The number of benzene rings is 3. The molecule has 0 heterocycles. The number of thiol groups is 1. The molecular formula is C17H12OS. The molecule has 0 amide bonds. The number of carbonyl (C=O) groups is 1. The van der Waals surface area contributed by atoms with Gasteiger partial charge in [-0.15, -0.1) is 12.6 Å². The van der Waals surface area contributed by atoms with Gasteiger partial charge in [-0.1, -0.05) is 36.4 Å². The van der Waals surface area contributed by atoms with E-state index in [1.165, 1.54) is 0 Å². The number of rotatable bonds is 2. The standard InChI is InChI=1S/C17H12OS/c18-17(13-7-9-16(19)10-8-13)15-6-5-12-3-1-2-4-14(12)11-15/h1-11,19H. The van der Waals surface area contributed by atoms with Gasteiger partial charge in [0.25, 0.3) is 0 Å². The molecule has 19 heavy (non-hydrogen) atoms. The molecule has 1 nitrogen and oxygen atoms in total. The van der Waals surface area contributed by atoms with E-state index in [0.717, 1.165) is 15.7 Å². The van der Waals surface area contributed by atoms with Crippen LogP contribution in [0.15, 0.2) is 71.6 Å². The Morgan fingerprint density at radius 3 is 2.11 bits per heavy atom. The van der Waals surface area contributed by atoms with Crippen LogP contribution in [0.2, 0.25) is 0 Å². The zero-order chi connectivity index (χ0) is 13.2. The molecule has 3 aromatic rings. The Morgan fingerprint density at radius 2 is 1.37 bits per heavy atom. The quantitative estimate of drug-likeness (QED) is 0.537. The highest BCUT2D eigenvalue weighted by molar-refractivity contribution is 7.80. The lowest BCUT2D eigenvalue weighted by Crippen LogP contribution is -2.00. The van der Waals surface area contributed by atoms with Crippen molar-refractivity contribution in [3.05, 3.63) is 77.9 Å². The first-order valence-electron chi connectivity index (χ1n) is 6.06. The normalized spacial score (nSPS) is 10.6. The predicted octanol–water partition coefficient (Wildman–Crippen LogP) is 4.36. The summed E-state index contributed by atoms with van der Waals surface area (Å²) in [5.74, 6) is 0.0408. The van der Waals surface area contributed by atoms with Crippen LogP contribution in [-0.4, -0.2) is 5.78 Å². The van der Waals surface area contributed by atoms with E-state index in [1.54, 1.807) is 12.1 Å². The van der Waals surface area contributed by atoms with Crippen molar-refractivity contribution in [3.8, 4) is 0 Å².